The van der Waals surface area contributed by atoms with Crippen LogP contribution in [0.4, 0.5) is 4.39 Å². The fourth-order valence-electron chi connectivity index (χ4n) is 3.55. The van der Waals surface area contributed by atoms with E-state index in [0.29, 0.717) is 24.2 Å². The Bertz CT molecular complexity index is 841. The lowest BCUT2D eigenvalue weighted by Gasteiger charge is -2.31. The van der Waals surface area contributed by atoms with Gasteiger partial charge in [-0.05, 0) is 68.1 Å². The molecule has 4 rings (SSSR count). The maximum Gasteiger partial charge on any atom is 0.247 e. The molecule has 0 spiro atoms. The first-order chi connectivity index (χ1) is 12.8. The molecule has 0 atom stereocenters. The van der Waals surface area contributed by atoms with Crippen molar-refractivity contribution in [3.8, 4) is 11.5 Å². The molecule has 2 heterocycles. The molecule has 0 unspecified atom stereocenters. The van der Waals surface area contributed by atoms with Gasteiger partial charge in [0.15, 0.2) is 0 Å². The van der Waals surface area contributed by atoms with Crippen molar-refractivity contribution in [1.29, 1.82) is 0 Å². The van der Waals surface area contributed by atoms with Crippen molar-refractivity contribution in [2.24, 2.45) is 5.92 Å². The molecule has 0 bridgehead atoms. The number of hydrogen-bond donors (Lipinski definition) is 0. The summed E-state index contributed by atoms with van der Waals surface area (Å²) in [5, 5.41) is 8.34. The highest BCUT2D eigenvalue weighted by Crippen LogP contribution is 2.24. The highest BCUT2D eigenvalue weighted by atomic mass is 19.1. The normalized spacial score (nSPS) is 16.0. The molecular weight excluding hydrogens is 329 g/mol. The molecule has 0 amide bonds. The van der Waals surface area contributed by atoms with Crippen molar-refractivity contribution >= 4 is 0 Å². The minimum absolute atomic E-state index is 0.148. The molecule has 1 aromatic heterocycles. The van der Waals surface area contributed by atoms with E-state index in [0.717, 1.165) is 43.5 Å². The van der Waals surface area contributed by atoms with Gasteiger partial charge in [0.1, 0.15) is 5.82 Å². The van der Waals surface area contributed by atoms with Gasteiger partial charge in [-0.1, -0.05) is 30.3 Å². The molecule has 1 aliphatic rings. The van der Waals surface area contributed by atoms with Crippen molar-refractivity contribution in [1.82, 2.24) is 15.1 Å². The zero-order chi connectivity index (χ0) is 17.8. The van der Waals surface area contributed by atoms with Crippen LogP contribution >= 0.6 is 0 Å². The Morgan fingerprint density at radius 2 is 1.81 bits per heavy atom. The number of nitrogens with zero attached hydrogens (tertiary/aromatic N) is 3. The number of likely N-dealkylation sites (tertiary alicyclic amines) is 1. The molecule has 0 N–H and O–H groups in total. The van der Waals surface area contributed by atoms with Crippen LogP contribution in [-0.2, 0) is 13.0 Å². The van der Waals surface area contributed by atoms with E-state index in [1.807, 2.05) is 36.4 Å². The summed E-state index contributed by atoms with van der Waals surface area (Å²) in [4.78, 5) is 2.35. The van der Waals surface area contributed by atoms with Crippen LogP contribution in [0.2, 0.25) is 0 Å². The Morgan fingerprint density at radius 1 is 1.00 bits per heavy atom. The summed E-state index contributed by atoms with van der Waals surface area (Å²) in [7, 11) is 0. The van der Waals surface area contributed by atoms with Gasteiger partial charge in [-0.3, -0.25) is 4.90 Å². The van der Waals surface area contributed by atoms with E-state index in [-0.39, 0.29) is 5.82 Å². The van der Waals surface area contributed by atoms with E-state index < -0.39 is 0 Å². The predicted octanol–water partition coefficient (Wildman–Crippen LogP) is 4.33. The smallest absolute Gasteiger partial charge is 0.247 e. The van der Waals surface area contributed by atoms with Gasteiger partial charge in [0, 0.05) is 5.56 Å². The van der Waals surface area contributed by atoms with Gasteiger partial charge in [0.05, 0.1) is 6.54 Å². The molecule has 1 saturated heterocycles. The zero-order valence-corrected chi connectivity index (χ0v) is 14.6. The van der Waals surface area contributed by atoms with Crippen molar-refractivity contribution < 1.29 is 8.81 Å². The van der Waals surface area contributed by atoms with E-state index in [1.165, 1.54) is 6.07 Å². The van der Waals surface area contributed by atoms with Gasteiger partial charge in [-0.15, -0.1) is 10.2 Å². The maximum atomic E-state index is 13.3. The molecule has 134 valence electrons. The van der Waals surface area contributed by atoms with E-state index >= 15 is 0 Å². The third-order valence-electron chi connectivity index (χ3n) is 4.97. The van der Waals surface area contributed by atoms with Crippen LogP contribution < -0.4 is 0 Å². The molecule has 0 radical (unpaired) electrons. The van der Waals surface area contributed by atoms with E-state index in [2.05, 4.69) is 15.1 Å². The quantitative estimate of drug-likeness (QED) is 0.686. The van der Waals surface area contributed by atoms with E-state index in [1.54, 1.807) is 12.1 Å². The Hall–Kier alpha value is -2.53. The third-order valence-corrected chi connectivity index (χ3v) is 4.97. The Labute approximate surface area is 152 Å². The van der Waals surface area contributed by atoms with Crippen LogP contribution in [0.25, 0.3) is 11.5 Å². The monoisotopic (exact) mass is 351 g/mol. The fraction of sp³-hybridized carbons (Fsp3) is 0.333. The number of rotatable bonds is 5. The molecule has 2 aromatic carbocycles. The maximum absolute atomic E-state index is 13.3. The van der Waals surface area contributed by atoms with Gasteiger partial charge in [-0.2, -0.15) is 0 Å². The predicted molar refractivity (Wildman–Crippen MR) is 97.8 cm³/mol. The van der Waals surface area contributed by atoms with Crippen LogP contribution in [0, 0.1) is 11.7 Å². The molecule has 1 aliphatic heterocycles. The van der Waals surface area contributed by atoms with Gasteiger partial charge in [0.25, 0.3) is 0 Å². The lowest BCUT2D eigenvalue weighted by molar-refractivity contribution is 0.164. The average Bonchev–Trinajstić information content (AvgIpc) is 3.13. The average molecular weight is 351 g/mol. The molecule has 5 heteroatoms. The Kier molecular flexibility index (Phi) is 5.07. The van der Waals surface area contributed by atoms with E-state index in [9.17, 15) is 4.39 Å². The van der Waals surface area contributed by atoms with Crippen LogP contribution in [0.1, 0.15) is 24.3 Å². The highest BCUT2D eigenvalue weighted by Gasteiger charge is 2.21. The summed E-state index contributed by atoms with van der Waals surface area (Å²) in [6.07, 6.45) is 3.16. The van der Waals surface area contributed by atoms with Crippen LogP contribution in [0.5, 0.6) is 0 Å². The summed E-state index contributed by atoms with van der Waals surface area (Å²) in [6.45, 7) is 2.69. The Morgan fingerprint density at radius 3 is 2.58 bits per heavy atom. The second kappa shape index (κ2) is 7.79. The summed E-state index contributed by atoms with van der Waals surface area (Å²) >= 11 is 0. The highest BCUT2D eigenvalue weighted by molar-refractivity contribution is 5.51. The molecule has 1 fully saturated rings. The summed E-state index contributed by atoms with van der Waals surface area (Å²) in [6, 6.07) is 16.8. The summed E-state index contributed by atoms with van der Waals surface area (Å²) in [5.74, 6) is 1.69. The van der Waals surface area contributed by atoms with Crippen LogP contribution in [0.15, 0.2) is 59.0 Å². The van der Waals surface area contributed by atoms with Crippen molar-refractivity contribution in [2.45, 2.75) is 25.8 Å². The summed E-state index contributed by atoms with van der Waals surface area (Å²) in [5.41, 5.74) is 2.04. The number of hydrogen-bond acceptors (Lipinski definition) is 4. The van der Waals surface area contributed by atoms with Gasteiger partial charge in [-0.25, -0.2) is 4.39 Å². The second-order valence-corrected chi connectivity index (χ2v) is 6.92. The third kappa shape index (κ3) is 4.17. The first-order valence-corrected chi connectivity index (χ1v) is 9.11. The lowest BCUT2D eigenvalue weighted by Crippen LogP contribution is -2.34. The standard InChI is InChI=1S/C21H22FN3O/c22-19-8-4-5-17(14-19)13-16-9-11-25(12-10-16)15-20-23-24-21(26-20)18-6-2-1-3-7-18/h1-8,14,16H,9-13,15H2. The lowest BCUT2D eigenvalue weighted by atomic mass is 9.90. The van der Waals surface area contributed by atoms with E-state index in [4.69, 9.17) is 4.42 Å². The first kappa shape index (κ1) is 16.9. The number of halogens is 1. The molecule has 4 nitrogen and oxygen atoms in total. The van der Waals surface area contributed by atoms with Gasteiger partial charge in [0.2, 0.25) is 11.8 Å². The SMILES string of the molecule is Fc1cccc(CC2CCN(Cc3nnc(-c4ccccc4)o3)CC2)c1. The minimum atomic E-state index is -0.148. The number of benzene rings is 2. The van der Waals surface area contributed by atoms with Gasteiger partial charge < -0.3 is 4.42 Å². The fourth-order valence-corrected chi connectivity index (χ4v) is 3.55. The second-order valence-electron chi connectivity index (χ2n) is 6.92. The van der Waals surface area contributed by atoms with Crippen LogP contribution in [0.3, 0.4) is 0 Å². The molecule has 0 aliphatic carbocycles. The summed E-state index contributed by atoms with van der Waals surface area (Å²) < 4.78 is 19.1. The van der Waals surface area contributed by atoms with Gasteiger partial charge >= 0.3 is 0 Å². The first-order valence-electron chi connectivity index (χ1n) is 9.11. The van der Waals surface area contributed by atoms with Crippen molar-refractivity contribution in [3.63, 3.8) is 0 Å². The number of aromatic nitrogens is 2. The van der Waals surface area contributed by atoms with Crippen molar-refractivity contribution in [3.05, 3.63) is 71.9 Å². The molecule has 3 aromatic rings. The molecular formula is C21H22FN3O. The molecule has 0 saturated carbocycles. The number of piperidine rings is 1. The van der Waals surface area contributed by atoms with Crippen LogP contribution in [-0.4, -0.2) is 28.2 Å². The minimum Gasteiger partial charge on any atom is -0.419 e. The largest absolute Gasteiger partial charge is 0.419 e. The molecule has 26 heavy (non-hydrogen) atoms. The van der Waals surface area contributed by atoms with Crippen molar-refractivity contribution in [2.75, 3.05) is 13.1 Å². The zero-order valence-electron chi connectivity index (χ0n) is 14.6. The topological polar surface area (TPSA) is 42.2 Å². The Balaban J connectivity index is 1.29.